The second-order valence-electron chi connectivity index (χ2n) is 5.77. The van der Waals surface area contributed by atoms with Crippen molar-refractivity contribution in [3.8, 4) is 11.5 Å². The third-order valence-electron chi connectivity index (χ3n) is 3.88. The molecule has 0 amide bonds. The number of rotatable bonds is 9. The van der Waals surface area contributed by atoms with Gasteiger partial charge in [-0.25, -0.2) is 8.78 Å². The second kappa shape index (κ2) is 9.36. The van der Waals surface area contributed by atoms with Gasteiger partial charge in [-0.3, -0.25) is 4.57 Å². The molecule has 0 radical (unpaired) electrons. The number of halogens is 2. The van der Waals surface area contributed by atoms with Crippen molar-refractivity contribution in [1.29, 1.82) is 0 Å². The van der Waals surface area contributed by atoms with E-state index in [0.29, 0.717) is 23.3 Å². The number of thioether (sulfide) groups is 1. The predicted octanol–water partition coefficient (Wildman–Crippen LogP) is 4.62. The third kappa shape index (κ3) is 4.69. The van der Waals surface area contributed by atoms with Crippen LogP contribution in [0.4, 0.5) is 8.78 Å². The maximum absolute atomic E-state index is 13.8. The first-order valence-corrected chi connectivity index (χ1v) is 9.46. The highest BCUT2D eigenvalue weighted by molar-refractivity contribution is 7.98. The number of aromatic nitrogens is 3. The van der Waals surface area contributed by atoms with Crippen LogP contribution < -0.4 is 9.47 Å². The molecule has 0 saturated carbocycles. The Labute approximate surface area is 166 Å². The molecule has 0 aliphatic carbocycles. The van der Waals surface area contributed by atoms with Gasteiger partial charge in [0.2, 0.25) is 0 Å². The summed E-state index contributed by atoms with van der Waals surface area (Å²) in [4.78, 5) is 0. The van der Waals surface area contributed by atoms with E-state index in [2.05, 4.69) is 16.8 Å². The molecule has 5 nitrogen and oxygen atoms in total. The molecular weight excluding hydrogens is 384 g/mol. The van der Waals surface area contributed by atoms with Gasteiger partial charge in [0.25, 0.3) is 0 Å². The number of benzene rings is 2. The molecule has 0 unspecified atom stereocenters. The van der Waals surface area contributed by atoms with Crippen LogP contribution in [0.3, 0.4) is 0 Å². The van der Waals surface area contributed by atoms with Crippen molar-refractivity contribution in [3.05, 3.63) is 78.1 Å². The molecule has 3 aromatic rings. The smallest absolute Gasteiger partial charge is 0.191 e. The van der Waals surface area contributed by atoms with Gasteiger partial charge >= 0.3 is 0 Å². The van der Waals surface area contributed by atoms with Crippen molar-refractivity contribution in [1.82, 2.24) is 14.8 Å². The molecule has 1 heterocycles. The number of hydrogen-bond donors (Lipinski definition) is 0. The highest BCUT2D eigenvalue weighted by Crippen LogP contribution is 2.26. The van der Waals surface area contributed by atoms with E-state index in [0.717, 1.165) is 5.56 Å². The van der Waals surface area contributed by atoms with E-state index in [1.807, 2.05) is 4.57 Å². The molecule has 0 spiro atoms. The first-order valence-electron chi connectivity index (χ1n) is 8.48. The number of methoxy groups -OCH3 is 1. The zero-order chi connectivity index (χ0) is 19.9. The van der Waals surface area contributed by atoms with Crippen LogP contribution in [0.1, 0.15) is 11.4 Å². The number of allylic oxidation sites excluding steroid dienone is 1. The van der Waals surface area contributed by atoms with E-state index in [4.69, 9.17) is 9.47 Å². The highest BCUT2D eigenvalue weighted by atomic mass is 32.2. The van der Waals surface area contributed by atoms with Crippen molar-refractivity contribution >= 4 is 11.8 Å². The first-order chi connectivity index (χ1) is 13.6. The lowest BCUT2D eigenvalue weighted by molar-refractivity contribution is 0.275. The Morgan fingerprint density at radius 2 is 1.93 bits per heavy atom. The van der Waals surface area contributed by atoms with E-state index in [1.54, 1.807) is 36.4 Å². The Bertz CT molecular complexity index is 962. The summed E-state index contributed by atoms with van der Waals surface area (Å²) >= 11 is 1.41. The molecule has 0 saturated heterocycles. The number of para-hydroxylation sites is 1. The van der Waals surface area contributed by atoms with Crippen LogP contribution in [0.2, 0.25) is 0 Å². The van der Waals surface area contributed by atoms with Gasteiger partial charge < -0.3 is 9.47 Å². The largest absolute Gasteiger partial charge is 0.494 e. The number of ether oxygens (including phenoxy) is 2. The van der Waals surface area contributed by atoms with Crippen LogP contribution in [0.15, 0.2) is 60.3 Å². The Balaban J connectivity index is 1.70. The van der Waals surface area contributed by atoms with E-state index in [1.165, 1.54) is 31.0 Å². The van der Waals surface area contributed by atoms with Gasteiger partial charge in [-0.15, -0.1) is 16.8 Å². The van der Waals surface area contributed by atoms with Crippen molar-refractivity contribution in [2.24, 2.45) is 0 Å². The minimum atomic E-state index is -0.437. The van der Waals surface area contributed by atoms with E-state index >= 15 is 0 Å². The fourth-order valence-electron chi connectivity index (χ4n) is 2.50. The summed E-state index contributed by atoms with van der Waals surface area (Å²) < 4.78 is 39.8. The normalized spacial score (nSPS) is 10.7. The Morgan fingerprint density at radius 1 is 1.11 bits per heavy atom. The van der Waals surface area contributed by atoms with Crippen molar-refractivity contribution in [2.75, 3.05) is 7.11 Å². The van der Waals surface area contributed by atoms with E-state index < -0.39 is 11.6 Å². The topological polar surface area (TPSA) is 49.2 Å². The van der Waals surface area contributed by atoms with Gasteiger partial charge in [0, 0.05) is 12.3 Å². The van der Waals surface area contributed by atoms with Crippen LogP contribution in [0.5, 0.6) is 11.5 Å². The van der Waals surface area contributed by atoms with Gasteiger partial charge in [0.05, 0.1) is 7.11 Å². The molecule has 8 heteroatoms. The minimum absolute atomic E-state index is 0.0689. The molecule has 0 fully saturated rings. The highest BCUT2D eigenvalue weighted by Gasteiger charge is 2.14. The lowest BCUT2D eigenvalue weighted by Crippen LogP contribution is -2.08. The lowest BCUT2D eigenvalue weighted by atomic mass is 10.2. The van der Waals surface area contributed by atoms with Gasteiger partial charge in [-0.05, 0) is 29.8 Å². The van der Waals surface area contributed by atoms with Crippen molar-refractivity contribution in [2.45, 2.75) is 24.1 Å². The van der Waals surface area contributed by atoms with Crippen LogP contribution in [0, 0.1) is 11.6 Å². The summed E-state index contributed by atoms with van der Waals surface area (Å²) in [5, 5.41) is 8.96. The average molecular weight is 403 g/mol. The SMILES string of the molecule is C=CCn1c(COc2ccccc2F)nnc1SCc1ccc(OC)c(F)c1. The summed E-state index contributed by atoms with van der Waals surface area (Å²) in [6.07, 6.45) is 1.72. The third-order valence-corrected chi connectivity index (χ3v) is 4.92. The Kier molecular flexibility index (Phi) is 6.65. The molecule has 0 aliphatic rings. The quantitative estimate of drug-likeness (QED) is 0.385. The van der Waals surface area contributed by atoms with Crippen LogP contribution in [-0.4, -0.2) is 21.9 Å². The van der Waals surface area contributed by atoms with Crippen LogP contribution in [-0.2, 0) is 18.9 Å². The number of hydrogen-bond acceptors (Lipinski definition) is 5. The zero-order valence-electron chi connectivity index (χ0n) is 15.3. The minimum Gasteiger partial charge on any atom is -0.494 e. The number of nitrogens with zero attached hydrogens (tertiary/aromatic N) is 3. The van der Waals surface area contributed by atoms with Gasteiger partial charge in [-0.2, -0.15) is 0 Å². The van der Waals surface area contributed by atoms with Gasteiger partial charge in [0.15, 0.2) is 34.1 Å². The van der Waals surface area contributed by atoms with Crippen molar-refractivity contribution < 1.29 is 18.3 Å². The summed E-state index contributed by atoms with van der Waals surface area (Å²) in [6, 6.07) is 11.0. The Morgan fingerprint density at radius 3 is 2.64 bits per heavy atom. The zero-order valence-corrected chi connectivity index (χ0v) is 16.1. The Hall–Kier alpha value is -2.87. The maximum atomic E-state index is 13.8. The van der Waals surface area contributed by atoms with Crippen molar-refractivity contribution in [3.63, 3.8) is 0 Å². The van der Waals surface area contributed by atoms with E-state index in [9.17, 15) is 8.78 Å². The van der Waals surface area contributed by atoms with Gasteiger partial charge in [0.1, 0.15) is 6.61 Å². The molecule has 2 aromatic carbocycles. The first kappa shape index (κ1) is 19.9. The monoisotopic (exact) mass is 403 g/mol. The fraction of sp³-hybridized carbons (Fsp3) is 0.200. The summed E-state index contributed by atoms with van der Waals surface area (Å²) in [5.74, 6) is 0.562. The predicted molar refractivity (Wildman–Crippen MR) is 103 cm³/mol. The maximum Gasteiger partial charge on any atom is 0.191 e. The molecule has 28 heavy (non-hydrogen) atoms. The summed E-state index contributed by atoms with van der Waals surface area (Å²) in [7, 11) is 1.43. The van der Waals surface area contributed by atoms with E-state index in [-0.39, 0.29) is 18.1 Å². The molecule has 3 rings (SSSR count). The molecule has 0 atom stereocenters. The fourth-order valence-corrected chi connectivity index (χ4v) is 3.41. The lowest BCUT2D eigenvalue weighted by Gasteiger charge is -2.10. The second-order valence-corrected chi connectivity index (χ2v) is 6.72. The van der Waals surface area contributed by atoms with Crippen LogP contribution >= 0.6 is 11.8 Å². The summed E-state index contributed by atoms with van der Waals surface area (Å²) in [5.41, 5.74) is 0.792. The van der Waals surface area contributed by atoms with Gasteiger partial charge in [-0.1, -0.05) is 36.0 Å². The standard InChI is InChI=1S/C20H19F2N3O2S/c1-3-10-25-19(12-27-18-7-5-4-6-15(18)21)23-24-20(25)28-13-14-8-9-17(26-2)16(22)11-14/h3-9,11H,1,10,12-13H2,2H3. The summed E-state index contributed by atoms with van der Waals surface area (Å²) in [6.45, 7) is 4.29. The molecular formula is C20H19F2N3O2S. The molecule has 0 aliphatic heterocycles. The molecule has 0 N–H and O–H groups in total. The molecule has 1 aromatic heterocycles. The molecule has 0 bridgehead atoms. The van der Waals surface area contributed by atoms with Crippen LogP contribution in [0.25, 0.3) is 0 Å². The average Bonchev–Trinajstić information content (AvgIpc) is 3.08. The molecule has 146 valence electrons.